The number of aromatic nitrogens is 2. The van der Waals surface area contributed by atoms with Crippen LogP contribution in [-0.2, 0) is 0 Å². The number of hydrogen-bond donors (Lipinski definition) is 0. The Hall–Kier alpha value is -3.38. The van der Waals surface area contributed by atoms with Gasteiger partial charge in [-0.3, -0.25) is 14.6 Å². The number of para-hydroxylation sites is 2. The van der Waals surface area contributed by atoms with Crippen molar-refractivity contribution in [2.45, 2.75) is 0 Å². The number of rotatable bonds is 4. The second-order valence-electron chi connectivity index (χ2n) is 7.16. The maximum atomic E-state index is 12.6. The standard InChI is InChI=1S/C23H22N4O2/c1-26-12-14-27(15-13-26)23(29)18-9-6-17(7-10-18)8-11-22(28)21-16-24-19-4-2-3-5-20(19)25-21/h2-11,16H,12-15H2,1H3. The molecule has 0 N–H and O–H groups in total. The van der Waals surface area contributed by atoms with Gasteiger partial charge >= 0.3 is 0 Å². The number of piperazine rings is 1. The van der Waals surface area contributed by atoms with Gasteiger partial charge in [-0.25, -0.2) is 4.98 Å². The van der Waals surface area contributed by atoms with E-state index in [1.807, 2.05) is 41.3 Å². The van der Waals surface area contributed by atoms with Crippen LogP contribution < -0.4 is 0 Å². The highest BCUT2D eigenvalue weighted by Gasteiger charge is 2.20. The van der Waals surface area contributed by atoms with Gasteiger partial charge in [0.2, 0.25) is 5.78 Å². The zero-order valence-corrected chi connectivity index (χ0v) is 16.3. The maximum Gasteiger partial charge on any atom is 0.253 e. The molecule has 0 unspecified atom stereocenters. The van der Waals surface area contributed by atoms with Crippen LogP contribution in [0.5, 0.6) is 0 Å². The summed E-state index contributed by atoms with van der Waals surface area (Å²) in [4.78, 5) is 37.8. The molecule has 1 aliphatic rings. The molecule has 0 aliphatic carbocycles. The van der Waals surface area contributed by atoms with Gasteiger partial charge in [-0.1, -0.05) is 30.3 Å². The first kappa shape index (κ1) is 19.0. The highest BCUT2D eigenvalue weighted by molar-refractivity contribution is 6.06. The Morgan fingerprint density at radius 1 is 0.931 bits per heavy atom. The number of ketones is 1. The van der Waals surface area contributed by atoms with Crippen LogP contribution in [0.3, 0.4) is 0 Å². The fourth-order valence-electron chi connectivity index (χ4n) is 3.26. The van der Waals surface area contributed by atoms with Crippen LogP contribution in [0.4, 0.5) is 0 Å². The number of carbonyl (C=O) groups excluding carboxylic acids is 2. The van der Waals surface area contributed by atoms with Crippen molar-refractivity contribution in [3.63, 3.8) is 0 Å². The number of benzene rings is 2. The average Bonchev–Trinajstić information content (AvgIpc) is 2.77. The molecular formula is C23H22N4O2. The molecule has 2 heterocycles. The van der Waals surface area contributed by atoms with Crippen molar-refractivity contribution in [1.82, 2.24) is 19.8 Å². The van der Waals surface area contributed by atoms with Gasteiger partial charge in [-0.15, -0.1) is 0 Å². The molecule has 6 nitrogen and oxygen atoms in total. The number of nitrogens with zero attached hydrogens (tertiary/aromatic N) is 4. The molecule has 146 valence electrons. The van der Waals surface area contributed by atoms with Gasteiger partial charge in [0.25, 0.3) is 5.91 Å². The Morgan fingerprint density at radius 3 is 2.34 bits per heavy atom. The first-order valence-corrected chi connectivity index (χ1v) is 9.62. The van der Waals surface area contributed by atoms with E-state index in [9.17, 15) is 9.59 Å². The molecule has 0 atom stereocenters. The normalized spacial score (nSPS) is 15.1. The largest absolute Gasteiger partial charge is 0.336 e. The van der Waals surface area contributed by atoms with E-state index in [2.05, 4.69) is 21.9 Å². The highest BCUT2D eigenvalue weighted by atomic mass is 16.2. The number of hydrogen-bond acceptors (Lipinski definition) is 5. The quantitative estimate of drug-likeness (QED) is 0.510. The topological polar surface area (TPSA) is 66.4 Å². The van der Waals surface area contributed by atoms with Crippen molar-refractivity contribution in [3.05, 3.63) is 77.6 Å². The van der Waals surface area contributed by atoms with E-state index in [0.717, 1.165) is 37.3 Å². The summed E-state index contributed by atoms with van der Waals surface area (Å²) >= 11 is 0. The van der Waals surface area contributed by atoms with E-state index in [4.69, 9.17) is 0 Å². The number of carbonyl (C=O) groups is 2. The van der Waals surface area contributed by atoms with Crippen LogP contribution in [0.25, 0.3) is 17.1 Å². The molecule has 4 rings (SSSR count). The lowest BCUT2D eigenvalue weighted by Gasteiger charge is -2.32. The molecule has 3 aromatic rings. The fourth-order valence-corrected chi connectivity index (χ4v) is 3.26. The summed E-state index contributed by atoms with van der Waals surface area (Å²) in [5.74, 6) is -0.156. The summed E-state index contributed by atoms with van der Waals surface area (Å²) in [6.07, 6.45) is 4.70. The van der Waals surface area contributed by atoms with Crippen molar-refractivity contribution in [2.24, 2.45) is 0 Å². The zero-order valence-electron chi connectivity index (χ0n) is 16.3. The Labute approximate surface area is 169 Å². The Kier molecular flexibility index (Phi) is 5.44. The molecule has 1 fully saturated rings. The van der Waals surface area contributed by atoms with E-state index < -0.39 is 0 Å². The van der Waals surface area contributed by atoms with Crippen LogP contribution in [-0.4, -0.2) is 64.7 Å². The minimum Gasteiger partial charge on any atom is -0.336 e. The van der Waals surface area contributed by atoms with Crippen molar-refractivity contribution < 1.29 is 9.59 Å². The van der Waals surface area contributed by atoms with Crippen LogP contribution in [0, 0.1) is 0 Å². The molecule has 1 aliphatic heterocycles. The molecule has 1 aromatic heterocycles. The van der Waals surface area contributed by atoms with Crippen molar-refractivity contribution in [3.8, 4) is 0 Å². The van der Waals surface area contributed by atoms with Gasteiger partial charge in [-0.05, 0) is 43.0 Å². The molecule has 1 amide bonds. The fraction of sp³-hybridized carbons (Fsp3) is 0.217. The highest BCUT2D eigenvalue weighted by Crippen LogP contribution is 2.13. The van der Waals surface area contributed by atoms with Crippen LogP contribution in [0.2, 0.25) is 0 Å². The minimum absolute atomic E-state index is 0.0520. The Bertz CT molecular complexity index is 1070. The van der Waals surface area contributed by atoms with E-state index in [0.29, 0.717) is 16.8 Å². The third-order valence-corrected chi connectivity index (χ3v) is 5.08. The number of likely N-dealkylation sites (N-methyl/N-ethyl adjacent to an activating group) is 1. The third kappa shape index (κ3) is 4.38. The molecule has 0 saturated carbocycles. The van der Waals surface area contributed by atoms with Crippen LogP contribution >= 0.6 is 0 Å². The van der Waals surface area contributed by atoms with Gasteiger partial charge in [0.05, 0.1) is 17.2 Å². The summed E-state index contributed by atoms with van der Waals surface area (Å²) in [6, 6.07) is 14.7. The Morgan fingerprint density at radius 2 is 1.62 bits per heavy atom. The van der Waals surface area contributed by atoms with E-state index in [1.165, 1.54) is 12.3 Å². The smallest absolute Gasteiger partial charge is 0.253 e. The summed E-state index contributed by atoms with van der Waals surface area (Å²) in [6.45, 7) is 3.29. The lowest BCUT2D eigenvalue weighted by molar-refractivity contribution is 0.0664. The second-order valence-corrected chi connectivity index (χ2v) is 7.16. The van der Waals surface area contributed by atoms with Gasteiger partial charge < -0.3 is 9.80 Å². The Balaban J connectivity index is 1.43. The second kappa shape index (κ2) is 8.32. The molecule has 0 radical (unpaired) electrons. The number of amides is 1. The van der Waals surface area contributed by atoms with Crippen LogP contribution in [0.15, 0.2) is 60.8 Å². The molecule has 0 spiro atoms. The lowest BCUT2D eigenvalue weighted by Crippen LogP contribution is -2.47. The lowest BCUT2D eigenvalue weighted by atomic mass is 10.1. The SMILES string of the molecule is CN1CCN(C(=O)c2ccc(C=CC(=O)c3cnc4ccccc4n3)cc2)CC1. The predicted molar refractivity (Wildman–Crippen MR) is 113 cm³/mol. The van der Waals surface area contributed by atoms with Gasteiger partial charge in [-0.2, -0.15) is 0 Å². The molecule has 1 saturated heterocycles. The van der Waals surface area contributed by atoms with Crippen molar-refractivity contribution >= 4 is 28.8 Å². The summed E-state index contributed by atoms with van der Waals surface area (Å²) in [7, 11) is 2.06. The van der Waals surface area contributed by atoms with Gasteiger partial charge in [0.15, 0.2) is 0 Å². The number of allylic oxidation sites excluding steroid dienone is 1. The number of fused-ring (bicyclic) bond motifs is 1. The molecular weight excluding hydrogens is 364 g/mol. The first-order valence-electron chi connectivity index (χ1n) is 9.62. The van der Waals surface area contributed by atoms with E-state index in [1.54, 1.807) is 18.2 Å². The molecule has 2 aromatic carbocycles. The van der Waals surface area contributed by atoms with Gasteiger partial charge in [0.1, 0.15) is 5.69 Å². The summed E-state index contributed by atoms with van der Waals surface area (Å²) < 4.78 is 0. The molecule has 6 heteroatoms. The van der Waals surface area contributed by atoms with Crippen molar-refractivity contribution in [2.75, 3.05) is 33.2 Å². The van der Waals surface area contributed by atoms with E-state index in [-0.39, 0.29) is 11.7 Å². The maximum absolute atomic E-state index is 12.6. The summed E-state index contributed by atoms with van der Waals surface area (Å²) in [5.41, 5.74) is 3.27. The minimum atomic E-state index is -0.208. The van der Waals surface area contributed by atoms with Crippen LogP contribution in [0.1, 0.15) is 26.4 Å². The molecule has 29 heavy (non-hydrogen) atoms. The van der Waals surface area contributed by atoms with Gasteiger partial charge in [0, 0.05) is 31.7 Å². The monoisotopic (exact) mass is 386 g/mol. The molecule has 0 bridgehead atoms. The summed E-state index contributed by atoms with van der Waals surface area (Å²) in [5, 5.41) is 0. The zero-order chi connectivity index (χ0) is 20.2. The first-order chi connectivity index (χ1) is 14.1. The van der Waals surface area contributed by atoms with E-state index >= 15 is 0 Å². The third-order valence-electron chi connectivity index (χ3n) is 5.08. The average molecular weight is 386 g/mol. The van der Waals surface area contributed by atoms with Crippen molar-refractivity contribution in [1.29, 1.82) is 0 Å². The predicted octanol–water partition coefficient (Wildman–Crippen LogP) is 2.91.